The van der Waals surface area contributed by atoms with Gasteiger partial charge in [-0.3, -0.25) is 4.79 Å². The van der Waals surface area contributed by atoms with Crippen LogP contribution in [0.3, 0.4) is 0 Å². The minimum Gasteiger partial charge on any atom is -0.352 e. The van der Waals surface area contributed by atoms with Crippen LogP contribution in [0, 0.1) is 17.6 Å². The molecule has 0 aliphatic rings. The second-order valence-corrected chi connectivity index (χ2v) is 4.88. The fraction of sp³-hybridized carbons (Fsp3) is 0.500. The van der Waals surface area contributed by atoms with Crippen molar-refractivity contribution in [3.05, 3.63) is 35.4 Å². The van der Waals surface area contributed by atoms with Gasteiger partial charge in [0, 0.05) is 24.1 Å². The summed E-state index contributed by atoms with van der Waals surface area (Å²) in [4.78, 5) is 11.8. The van der Waals surface area contributed by atoms with Crippen LogP contribution in [0.25, 0.3) is 0 Å². The smallest absolute Gasteiger partial charge is 0.251 e. The molecule has 1 N–H and O–H groups in total. The van der Waals surface area contributed by atoms with Crippen molar-refractivity contribution < 1.29 is 13.6 Å². The monoisotopic (exact) mass is 289 g/mol. The Morgan fingerprint density at radius 3 is 2.42 bits per heavy atom. The summed E-state index contributed by atoms with van der Waals surface area (Å²) in [5.74, 6) is -1.14. The molecule has 0 spiro atoms. The minimum atomic E-state index is -0.754. The molecule has 19 heavy (non-hydrogen) atoms. The van der Waals surface area contributed by atoms with Gasteiger partial charge in [-0.15, -0.1) is 11.6 Å². The maximum Gasteiger partial charge on any atom is 0.251 e. The van der Waals surface area contributed by atoms with E-state index in [2.05, 4.69) is 12.2 Å². The molecule has 1 amide bonds. The summed E-state index contributed by atoms with van der Waals surface area (Å²) >= 11 is 5.69. The molecule has 1 rings (SSSR count). The Labute approximate surface area is 117 Å². The van der Waals surface area contributed by atoms with Crippen molar-refractivity contribution in [2.75, 3.05) is 12.4 Å². The summed E-state index contributed by atoms with van der Waals surface area (Å²) in [7, 11) is 0. The van der Waals surface area contributed by atoms with Crippen molar-refractivity contribution >= 4 is 17.5 Å². The Hall–Kier alpha value is -1.16. The van der Waals surface area contributed by atoms with Gasteiger partial charge in [-0.25, -0.2) is 8.78 Å². The van der Waals surface area contributed by atoms with E-state index in [0.717, 1.165) is 37.5 Å². The number of alkyl halides is 1. The molecule has 0 saturated heterocycles. The van der Waals surface area contributed by atoms with Crippen LogP contribution in [0.2, 0.25) is 0 Å². The summed E-state index contributed by atoms with van der Waals surface area (Å²) in [6.45, 7) is 2.53. The maximum atomic E-state index is 13.0. The summed E-state index contributed by atoms with van der Waals surface area (Å²) in [6.07, 6.45) is 2.78. The van der Waals surface area contributed by atoms with Gasteiger partial charge < -0.3 is 5.32 Å². The van der Waals surface area contributed by atoms with Crippen LogP contribution in [0.4, 0.5) is 8.78 Å². The van der Waals surface area contributed by atoms with Crippen LogP contribution in [0.5, 0.6) is 0 Å². The van der Waals surface area contributed by atoms with Crippen molar-refractivity contribution in [1.82, 2.24) is 5.32 Å². The highest BCUT2D eigenvalue weighted by atomic mass is 35.5. The van der Waals surface area contributed by atoms with Gasteiger partial charge in [0.1, 0.15) is 11.6 Å². The quantitative estimate of drug-likeness (QED) is 0.761. The molecular formula is C14H18ClF2NO. The predicted molar refractivity (Wildman–Crippen MR) is 72.4 cm³/mol. The van der Waals surface area contributed by atoms with Crippen molar-refractivity contribution in [2.24, 2.45) is 5.92 Å². The van der Waals surface area contributed by atoms with Gasteiger partial charge in [-0.05, 0) is 30.9 Å². The lowest BCUT2D eigenvalue weighted by molar-refractivity contribution is 0.0945. The molecule has 0 radical (unpaired) electrons. The first-order valence-electron chi connectivity index (χ1n) is 6.37. The molecule has 0 fully saturated rings. The molecule has 106 valence electrons. The molecule has 2 nitrogen and oxygen atoms in total. The largest absolute Gasteiger partial charge is 0.352 e. The zero-order valence-electron chi connectivity index (χ0n) is 10.9. The summed E-state index contributed by atoms with van der Waals surface area (Å²) in [6, 6.07) is 2.79. The number of halogens is 3. The highest BCUT2D eigenvalue weighted by Gasteiger charge is 2.12. The SMILES string of the molecule is CCCC(CCCl)CNC(=O)c1cc(F)cc(F)c1. The molecule has 0 heterocycles. The highest BCUT2D eigenvalue weighted by molar-refractivity contribution is 6.17. The molecule has 5 heteroatoms. The Morgan fingerprint density at radius 2 is 1.89 bits per heavy atom. The van der Waals surface area contributed by atoms with Gasteiger partial charge in [0.25, 0.3) is 5.91 Å². The molecule has 0 aliphatic heterocycles. The maximum absolute atomic E-state index is 13.0. The lowest BCUT2D eigenvalue weighted by Crippen LogP contribution is -2.29. The number of nitrogens with one attached hydrogen (secondary N) is 1. The van der Waals surface area contributed by atoms with Crippen LogP contribution in [-0.4, -0.2) is 18.3 Å². The van der Waals surface area contributed by atoms with Gasteiger partial charge in [0.05, 0.1) is 0 Å². The summed E-state index contributed by atoms with van der Waals surface area (Å²) in [5, 5.41) is 2.69. The Balaban J connectivity index is 2.58. The van der Waals surface area contributed by atoms with E-state index >= 15 is 0 Å². The van der Waals surface area contributed by atoms with Crippen LogP contribution in [0.1, 0.15) is 36.5 Å². The van der Waals surface area contributed by atoms with Crippen LogP contribution >= 0.6 is 11.6 Å². The van der Waals surface area contributed by atoms with E-state index in [9.17, 15) is 13.6 Å². The van der Waals surface area contributed by atoms with Gasteiger partial charge in [0.2, 0.25) is 0 Å². The molecule has 0 bridgehead atoms. The van der Waals surface area contributed by atoms with E-state index in [-0.39, 0.29) is 5.56 Å². The molecule has 1 aromatic carbocycles. The number of carbonyl (C=O) groups excluding carboxylic acids is 1. The Bertz CT molecular complexity index is 400. The first kappa shape index (κ1) is 15.9. The molecular weight excluding hydrogens is 272 g/mol. The van der Waals surface area contributed by atoms with Crippen molar-refractivity contribution in [1.29, 1.82) is 0 Å². The van der Waals surface area contributed by atoms with Crippen molar-refractivity contribution in [3.8, 4) is 0 Å². The van der Waals surface area contributed by atoms with Crippen LogP contribution < -0.4 is 5.32 Å². The van der Waals surface area contributed by atoms with Crippen molar-refractivity contribution in [2.45, 2.75) is 26.2 Å². The lowest BCUT2D eigenvalue weighted by atomic mass is 10.0. The van der Waals surface area contributed by atoms with E-state index in [1.807, 2.05) is 0 Å². The molecule has 0 aliphatic carbocycles. The zero-order chi connectivity index (χ0) is 14.3. The Morgan fingerprint density at radius 1 is 1.26 bits per heavy atom. The zero-order valence-corrected chi connectivity index (χ0v) is 11.6. The molecule has 1 atom stereocenters. The number of hydrogen-bond donors (Lipinski definition) is 1. The highest BCUT2D eigenvalue weighted by Crippen LogP contribution is 2.12. The van der Waals surface area contributed by atoms with E-state index in [0.29, 0.717) is 18.3 Å². The number of rotatable bonds is 7. The standard InChI is InChI=1S/C14H18ClF2NO/c1-2-3-10(4-5-15)9-18-14(19)11-6-12(16)8-13(17)7-11/h6-8,10H,2-5,9H2,1H3,(H,18,19). The number of carbonyl (C=O) groups is 1. The van der Waals surface area contributed by atoms with Gasteiger partial charge >= 0.3 is 0 Å². The lowest BCUT2D eigenvalue weighted by Gasteiger charge is -2.15. The van der Waals surface area contributed by atoms with Gasteiger partial charge in [-0.2, -0.15) is 0 Å². The topological polar surface area (TPSA) is 29.1 Å². The molecule has 1 unspecified atom stereocenters. The predicted octanol–water partition coefficient (Wildman–Crippen LogP) is 3.74. The fourth-order valence-corrected chi connectivity index (χ4v) is 2.24. The second kappa shape index (κ2) is 8.10. The third-order valence-corrected chi connectivity index (χ3v) is 3.11. The average Bonchev–Trinajstić information content (AvgIpc) is 2.35. The van der Waals surface area contributed by atoms with E-state index in [1.165, 1.54) is 0 Å². The van der Waals surface area contributed by atoms with Crippen molar-refractivity contribution in [3.63, 3.8) is 0 Å². The number of benzene rings is 1. The van der Waals surface area contributed by atoms with E-state index in [1.54, 1.807) is 0 Å². The molecule has 0 saturated carbocycles. The third kappa shape index (κ3) is 5.55. The van der Waals surface area contributed by atoms with E-state index < -0.39 is 17.5 Å². The number of amides is 1. The first-order valence-corrected chi connectivity index (χ1v) is 6.90. The second-order valence-electron chi connectivity index (χ2n) is 4.50. The summed E-state index contributed by atoms with van der Waals surface area (Å²) in [5.41, 5.74) is -0.00128. The fourth-order valence-electron chi connectivity index (χ4n) is 1.94. The molecule has 1 aromatic rings. The normalized spacial score (nSPS) is 12.2. The summed E-state index contributed by atoms with van der Waals surface area (Å²) < 4.78 is 26.0. The third-order valence-electron chi connectivity index (χ3n) is 2.89. The van der Waals surface area contributed by atoms with Gasteiger partial charge in [0.15, 0.2) is 0 Å². The Kier molecular flexibility index (Phi) is 6.78. The first-order chi connectivity index (χ1) is 9.06. The average molecular weight is 290 g/mol. The number of hydrogen-bond acceptors (Lipinski definition) is 1. The van der Waals surface area contributed by atoms with Crippen LogP contribution in [0.15, 0.2) is 18.2 Å². The van der Waals surface area contributed by atoms with E-state index in [4.69, 9.17) is 11.6 Å². The van der Waals surface area contributed by atoms with Crippen LogP contribution in [-0.2, 0) is 0 Å². The van der Waals surface area contributed by atoms with Gasteiger partial charge in [-0.1, -0.05) is 13.3 Å². The molecule has 0 aromatic heterocycles. The minimum absolute atomic E-state index is 0.00128.